The number of benzene rings is 1. The van der Waals surface area contributed by atoms with Crippen LogP contribution in [0.2, 0.25) is 5.02 Å². The smallest absolute Gasteiger partial charge is 0.131 e. The van der Waals surface area contributed by atoms with Crippen LogP contribution in [0.5, 0.6) is 0 Å². The predicted octanol–water partition coefficient (Wildman–Crippen LogP) is 3.90. The predicted molar refractivity (Wildman–Crippen MR) is 50.7 cm³/mol. The molecule has 1 aromatic rings. The second-order valence-corrected chi connectivity index (χ2v) is 3.26. The van der Waals surface area contributed by atoms with Crippen LogP contribution in [0.1, 0.15) is 19.4 Å². The summed E-state index contributed by atoms with van der Waals surface area (Å²) in [4.78, 5) is 0. The Bertz CT molecular complexity index is 291. The average Bonchev–Trinajstić information content (AvgIpc) is 1.97. The molecule has 0 saturated heterocycles. The van der Waals surface area contributed by atoms with Crippen molar-refractivity contribution in [1.29, 1.82) is 0 Å². The first-order chi connectivity index (χ1) is 5.61. The number of hydrogen-bond donors (Lipinski definition) is 0. The van der Waals surface area contributed by atoms with Gasteiger partial charge in [-0.15, -0.1) is 0 Å². The highest BCUT2D eigenvalue weighted by Gasteiger charge is 2.02. The largest absolute Gasteiger partial charge is 0.206 e. The van der Waals surface area contributed by atoms with E-state index in [4.69, 9.17) is 11.6 Å². The zero-order valence-corrected chi connectivity index (χ0v) is 7.82. The van der Waals surface area contributed by atoms with Gasteiger partial charge in [0.15, 0.2) is 0 Å². The molecular formula is C10H10ClF. The molecule has 12 heavy (non-hydrogen) atoms. The maximum Gasteiger partial charge on any atom is 0.131 e. The van der Waals surface area contributed by atoms with E-state index in [-0.39, 0.29) is 5.82 Å². The van der Waals surface area contributed by atoms with Gasteiger partial charge in [-0.05, 0) is 26.0 Å². The molecule has 0 saturated carbocycles. The quantitative estimate of drug-likeness (QED) is 0.621. The highest BCUT2D eigenvalue weighted by Crippen LogP contribution is 2.21. The zero-order chi connectivity index (χ0) is 9.14. The van der Waals surface area contributed by atoms with Gasteiger partial charge in [0.05, 0.1) is 5.02 Å². The monoisotopic (exact) mass is 184 g/mol. The summed E-state index contributed by atoms with van der Waals surface area (Å²) < 4.78 is 13.1. The molecule has 0 radical (unpaired) electrons. The molecule has 0 amide bonds. The Morgan fingerprint density at radius 2 is 2.08 bits per heavy atom. The van der Waals surface area contributed by atoms with Gasteiger partial charge in [0.2, 0.25) is 0 Å². The molecule has 0 heterocycles. The Morgan fingerprint density at radius 3 is 2.58 bits per heavy atom. The third-order valence-electron chi connectivity index (χ3n) is 1.43. The van der Waals surface area contributed by atoms with Crippen LogP contribution in [0.3, 0.4) is 0 Å². The standard InChI is InChI=1S/C10H10ClF/c1-7(2)6-8-9(11)4-3-5-10(8)12/h3-6H,1-2H3. The van der Waals surface area contributed by atoms with Gasteiger partial charge in [-0.25, -0.2) is 4.39 Å². The van der Waals surface area contributed by atoms with Crippen molar-refractivity contribution < 1.29 is 4.39 Å². The Morgan fingerprint density at radius 1 is 1.42 bits per heavy atom. The minimum Gasteiger partial charge on any atom is -0.206 e. The topological polar surface area (TPSA) is 0 Å². The molecule has 0 aliphatic carbocycles. The summed E-state index contributed by atoms with van der Waals surface area (Å²) in [5.41, 5.74) is 1.50. The minimum atomic E-state index is -0.274. The SMILES string of the molecule is CC(C)=Cc1c(F)cccc1Cl. The normalized spacial score (nSPS) is 9.67. The number of rotatable bonds is 1. The summed E-state index contributed by atoms with van der Waals surface area (Å²) >= 11 is 5.79. The fourth-order valence-corrected chi connectivity index (χ4v) is 1.15. The van der Waals surface area contributed by atoms with Crippen molar-refractivity contribution in [3.05, 3.63) is 40.2 Å². The van der Waals surface area contributed by atoms with E-state index < -0.39 is 0 Å². The number of halogens is 2. The van der Waals surface area contributed by atoms with Crippen molar-refractivity contribution in [2.45, 2.75) is 13.8 Å². The summed E-state index contributed by atoms with van der Waals surface area (Å²) in [7, 11) is 0. The van der Waals surface area contributed by atoms with E-state index in [1.54, 1.807) is 18.2 Å². The molecule has 0 aliphatic heterocycles. The lowest BCUT2D eigenvalue weighted by Crippen LogP contribution is -1.83. The maximum absolute atomic E-state index is 13.1. The van der Waals surface area contributed by atoms with Gasteiger partial charge >= 0.3 is 0 Å². The lowest BCUT2D eigenvalue weighted by Gasteiger charge is -1.99. The Kier molecular flexibility index (Phi) is 2.88. The maximum atomic E-state index is 13.1. The lowest BCUT2D eigenvalue weighted by molar-refractivity contribution is 0.625. The van der Waals surface area contributed by atoms with E-state index in [2.05, 4.69) is 0 Å². The highest BCUT2D eigenvalue weighted by atomic mass is 35.5. The van der Waals surface area contributed by atoms with E-state index >= 15 is 0 Å². The van der Waals surface area contributed by atoms with Crippen molar-refractivity contribution >= 4 is 17.7 Å². The second-order valence-electron chi connectivity index (χ2n) is 2.86. The first-order valence-corrected chi connectivity index (χ1v) is 4.08. The molecule has 1 rings (SSSR count). The van der Waals surface area contributed by atoms with Gasteiger partial charge in [-0.2, -0.15) is 0 Å². The van der Waals surface area contributed by atoms with E-state index in [1.807, 2.05) is 13.8 Å². The molecule has 1 aromatic carbocycles. The molecule has 0 aromatic heterocycles. The number of hydrogen-bond acceptors (Lipinski definition) is 0. The van der Waals surface area contributed by atoms with E-state index in [1.165, 1.54) is 6.07 Å². The third-order valence-corrected chi connectivity index (χ3v) is 1.76. The van der Waals surface area contributed by atoms with Crippen molar-refractivity contribution in [2.75, 3.05) is 0 Å². The first-order valence-electron chi connectivity index (χ1n) is 3.70. The van der Waals surface area contributed by atoms with Gasteiger partial charge in [0.1, 0.15) is 5.82 Å². The Balaban J connectivity index is 3.22. The molecule has 2 heteroatoms. The van der Waals surface area contributed by atoms with E-state index in [0.29, 0.717) is 10.6 Å². The zero-order valence-electron chi connectivity index (χ0n) is 7.07. The third kappa shape index (κ3) is 2.08. The fourth-order valence-electron chi connectivity index (χ4n) is 0.937. The minimum absolute atomic E-state index is 0.274. The molecule has 0 aliphatic rings. The van der Waals surface area contributed by atoms with Crippen LogP contribution < -0.4 is 0 Å². The molecule has 64 valence electrons. The summed E-state index contributed by atoms with van der Waals surface area (Å²) in [5.74, 6) is -0.274. The van der Waals surface area contributed by atoms with Crippen molar-refractivity contribution in [2.24, 2.45) is 0 Å². The Hall–Kier alpha value is -0.820. The molecule has 0 atom stereocenters. The van der Waals surface area contributed by atoms with Crippen molar-refractivity contribution in [1.82, 2.24) is 0 Å². The molecule has 0 spiro atoms. The molecule has 0 bridgehead atoms. The first kappa shape index (κ1) is 9.27. The highest BCUT2D eigenvalue weighted by molar-refractivity contribution is 6.32. The van der Waals surface area contributed by atoms with Gasteiger partial charge < -0.3 is 0 Å². The van der Waals surface area contributed by atoms with Crippen molar-refractivity contribution in [3.8, 4) is 0 Å². The van der Waals surface area contributed by atoms with Crippen LogP contribution in [-0.2, 0) is 0 Å². The van der Waals surface area contributed by atoms with Crippen LogP contribution in [0.4, 0.5) is 4.39 Å². The molecule has 0 nitrogen and oxygen atoms in total. The summed E-state index contributed by atoms with van der Waals surface area (Å²) in [6.07, 6.45) is 1.73. The van der Waals surface area contributed by atoms with E-state index in [9.17, 15) is 4.39 Å². The van der Waals surface area contributed by atoms with Gasteiger partial charge in [-0.1, -0.05) is 29.3 Å². The van der Waals surface area contributed by atoms with Gasteiger partial charge in [0, 0.05) is 5.56 Å². The van der Waals surface area contributed by atoms with Crippen molar-refractivity contribution in [3.63, 3.8) is 0 Å². The summed E-state index contributed by atoms with van der Waals surface area (Å²) in [6, 6.07) is 4.68. The molecule has 0 unspecified atom stereocenters. The van der Waals surface area contributed by atoms with E-state index in [0.717, 1.165) is 5.57 Å². The van der Waals surface area contributed by atoms with Crippen LogP contribution in [-0.4, -0.2) is 0 Å². The average molecular weight is 185 g/mol. The van der Waals surface area contributed by atoms with Crippen LogP contribution >= 0.6 is 11.6 Å². The Labute approximate surface area is 76.7 Å². The summed E-state index contributed by atoms with van der Waals surface area (Å²) in [6.45, 7) is 3.81. The van der Waals surface area contributed by atoms with Crippen LogP contribution in [0.25, 0.3) is 6.08 Å². The van der Waals surface area contributed by atoms with Crippen LogP contribution in [0.15, 0.2) is 23.8 Å². The van der Waals surface area contributed by atoms with Crippen LogP contribution in [0, 0.1) is 5.82 Å². The molecule has 0 N–H and O–H groups in total. The second kappa shape index (κ2) is 3.72. The lowest BCUT2D eigenvalue weighted by atomic mass is 10.1. The van der Waals surface area contributed by atoms with Gasteiger partial charge in [0.25, 0.3) is 0 Å². The summed E-state index contributed by atoms with van der Waals surface area (Å²) in [5, 5.41) is 0.455. The fraction of sp³-hybridized carbons (Fsp3) is 0.200. The van der Waals surface area contributed by atoms with Gasteiger partial charge in [-0.3, -0.25) is 0 Å². The number of allylic oxidation sites excluding steroid dienone is 1. The molecule has 0 fully saturated rings. The molecular weight excluding hydrogens is 175 g/mol.